The Morgan fingerprint density at radius 2 is 1.71 bits per heavy atom. The topological polar surface area (TPSA) is 23.8 Å². The van der Waals surface area contributed by atoms with Gasteiger partial charge in [-0.1, -0.05) is 13.3 Å². The van der Waals surface area contributed by atoms with Crippen molar-refractivity contribution in [1.82, 2.24) is 0 Å². The zero-order valence-electron chi connectivity index (χ0n) is 4.37. The van der Waals surface area contributed by atoms with Gasteiger partial charge in [-0.25, -0.2) is 0 Å². The Bertz CT molecular complexity index is 24.5. The summed E-state index contributed by atoms with van der Waals surface area (Å²) >= 11 is 0. The fourth-order valence-corrected chi connectivity index (χ4v) is 0. The number of unbranched alkanes of at least 4 members (excludes halogenated alkanes) is 1. The van der Waals surface area contributed by atoms with E-state index in [0.717, 1.165) is 6.42 Å². The second-order valence-electron chi connectivity index (χ2n) is 0.854. The van der Waals surface area contributed by atoms with Crippen LogP contribution in [0.1, 0.15) is 19.8 Å². The molecule has 0 aromatic rings. The molecule has 0 unspecified atom stereocenters. The summed E-state index contributed by atoms with van der Waals surface area (Å²) in [5, 5.41) is 6.25. The Labute approximate surface area is 56.2 Å². The molecule has 0 aromatic carbocycles. The molecule has 0 N–H and O–H groups in total. The van der Waals surface area contributed by atoms with Gasteiger partial charge in [0.05, 0.1) is 0 Å². The largest absolute Gasteiger partial charge is 2.00 e. The molecule has 2 heteroatoms. The van der Waals surface area contributed by atoms with E-state index in [9.17, 15) is 0 Å². The van der Waals surface area contributed by atoms with Gasteiger partial charge in [0.1, 0.15) is 0 Å². The second-order valence-corrected chi connectivity index (χ2v) is 0.854. The average Bonchev–Trinajstić information content (AvgIpc) is 1.72. The quantitative estimate of drug-likeness (QED) is 0.408. The maximum atomic E-state index is 6.25. The molecule has 0 saturated carbocycles. The van der Waals surface area contributed by atoms with Crippen LogP contribution in [-0.2, 0) is 17.1 Å². The molecule has 0 aromatic heterocycles. The van der Waals surface area contributed by atoms with Crippen LogP contribution in [0.15, 0.2) is 0 Å². The van der Waals surface area contributed by atoms with Crippen molar-refractivity contribution in [3.63, 3.8) is 0 Å². The molecule has 0 fully saturated rings. The fourth-order valence-electron chi connectivity index (χ4n) is 0. The maximum absolute atomic E-state index is 6.25. The van der Waals surface area contributed by atoms with Gasteiger partial charge in [0, 0.05) is 0 Å². The summed E-state index contributed by atoms with van der Waals surface area (Å²) in [6.45, 7) is 10.5. The van der Waals surface area contributed by atoms with Gasteiger partial charge in [0.2, 0.25) is 0 Å². The van der Waals surface area contributed by atoms with Crippen molar-refractivity contribution in [3.8, 4) is 0 Å². The van der Waals surface area contributed by atoms with Crippen LogP contribution >= 0.6 is 0 Å². The number of nitrogens with zero attached hydrogens (tertiary/aromatic N) is 1. The minimum Gasteiger partial charge on any atom is -0.512 e. The van der Waals surface area contributed by atoms with Gasteiger partial charge in [-0.2, -0.15) is 6.42 Å². The van der Waals surface area contributed by atoms with E-state index in [-0.39, 0.29) is 17.1 Å². The van der Waals surface area contributed by atoms with Crippen molar-refractivity contribution in [1.29, 1.82) is 5.26 Å². The van der Waals surface area contributed by atoms with Gasteiger partial charge >= 0.3 is 17.1 Å². The van der Waals surface area contributed by atoms with E-state index in [1.807, 2.05) is 0 Å². The first-order chi connectivity index (χ1) is 2.91. The van der Waals surface area contributed by atoms with Gasteiger partial charge in [0.25, 0.3) is 0 Å². The van der Waals surface area contributed by atoms with Crippen molar-refractivity contribution in [2.75, 3.05) is 0 Å². The van der Waals surface area contributed by atoms with E-state index in [1.54, 1.807) is 0 Å². The SMILES string of the molecule is [C-]#N.[CH2-]CCC.[Cu+2]. The van der Waals surface area contributed by atoms with E-state index in [2.05, 4.69) is 13.8 Å². The third kappa shape index (κ3) is 94.8. The molecule has 45 valence electrons. The van der Waals surface area contributed by atoms with Gasteiger partial charge < -0.3 is 18.8 Å². The zero-order chi connectivity index (χ0) is 5.41. The summed E-state index contributed by atoms with van der Waals surface area (Å²) in [5.41, 5.74) is 0. The molecule has 1 radical (unpaired) electrons. The van der Waals surface area contributed by atoms with E-state index >= 15 is 0 Å². The molecule has 7 heavy (non-hydrogen) atoms. The van der Waals surface area contributed by atoms with Gasteiger partial charge in [-0.05, 0) is 0 Å². The van der Waals surface area contributed by atoms with Gasteiger partial charge in [0.15, 0.2) is 0 Å². The van der Waals surface area contributed by atoms with Crippen LogP contribution < -0.4 is 0 Å². The van der Waals surface area contributed by atoms with Crippen molar-refractivity contribution >= 4 is 0 Å². The van der Waals surface area contributed by atoms with Crippen molar-refractivity contribution < 1.29 is 17.1 Å². The van der Waals surface area contributed by atoms with E-state index in [1.165, 1.54) is 6.42 Å². The van der Waals surface area contributed by atoms with Crippen LogP contribution in [0.5, 0.6) is 0 Å². The van der Waals surface area contributed by atoms with Gasteiger partial charge in [-0.15, -0.1) is 0 Å². The summed E-state index contributed by atoms with van der Waals surface area (Å²) in [4.78, 5) is 0. The molecular formula is C5H9CuN. The first kappa shape index (κ1) is 15.7. The summed E-state index contributed by atoms with van der Waals surface area (Å²) < 4.78 is 0. The van der Waals surface area contributed by atoms with Crippen LogP contribution in [-0.4, -0.2) is 0 Å². The van der Waals surface area contributed by atoms with Crippen LogP contribution in [0.2, 0.25) is 0 Å². The predicted molar refractivity (Wildman–Crippen MR) is 25.2 cm³/mol. The number of hydrogen-bond donors (Lipinski definition) is 0. The van der Waals surface area contributed by atoms with Crippen LogP contribution in [0.25, 0.3) is 0 Å². The molecule has 0 aliphatic carbocycles. The molecule has 0 heterocycles. The zero-order valence-corrected chi connectivity index (χ0v) is 5.31. The van der Waals surface area contributed by atoms with Crippen LogP contribution in [0.3, 0.4) is 0 Å². The Hall–Kier alpha value is 0.00948. The molecule has 0 rings (SSSR count). The first-order valence-electron chi connectivity index (χ1n) is 1.93. The average molecular weight is 147 g/mol. The number of hydrogen-bond acceptors (Lipinski definition) is 1. The van der Waals surface area contributed by atoms with Gasteiger partial charge in [-0.3, -0.25) is 0 Å². The Kier molecular flexibility index (Phi) is 84.0. The molecule has 0 bridgehead atoms. The standard InChI is InChI=1S/C4H9.CN.Cu/c1-3-4-2;1-2;/h1,3-4H2,2H3;;/q2*-1;+2. The van der Waals surface area contributed by atoms with Crippen molar-refractivity contribution in [2.45, 2.75) is 19.8 Å². The number of rotatable bonds is 1. The van der Waals surface area contributed by atoms with E-state index in [0.29, 0.717) is 0 Å². The molecule has 0 aliphatic rings. The Morgan fingerprint density at radius 1 is 1.57 bits per heavy atom. The van der Waals surface area contributed by atoms with E-state index < -0.39 is 0 Å². The van der Waals surface area contributed by atoms with Crippen molar-refractivity contribution in [3.05, 3.63) is 13.5 Å². The van der Waals surface area contributed by atoms with E-state index in [4.69, 9.17) is 11.8 Å². The monoisotopic (exact) mass is 146 g/mol. The molecule has 0 atom stereocenters. The summed E-state index contributed by atoms with van der Waals surface area (Å²) in [6.07, 6.45) is 2.28. The third-order valence-electron chi connectivity index (χ3n) is 0.354. The van der Waals surface area contributed by atoms with Crippen LogP contribution in [0, 0.1) is 18.8 Å². The molecule has 1 nitrogen and oxygen atoms in total. The molecule has 0 aliphatic heterocycles. The maximum Gasteiger partial charge on any atom is 2.00 e. The first-order valence-corrected chi connectivity index (χ1v) is 1.93. The smallest absolute Gasteiger partial charge is 0.512 e. The summed E-state index contributed by atoms with van der Waals surface area (Å²) in [6, 6.07) is 0. The summed E-state index contributed by atoms with van der Waals surface area (Å²) in [7, 11) is 0. The molecular weight excluding hydrogens is 138 g/mol. The second kappa shape index (κ2) is 37.3. The molecule has 0 amide bonds. The van der Waals surface area contributed by atoms with Crippen LogP contribution in [0.4, 0.5) is 0 Å². The molecule has 0 spiro atoms. The summed E-state index contributed by atoms with van der Waals surface area (Å²) in [5.74, 6) is 0. The fraction of sp³-hybridized carbons (Fsp3) is 0.600. The molecule has 0 saturated heterocycles. The Balaban J connectivity index is -0.0000000480. The van der Waals surface area contributed by atoms with Crippen molar-refractivity contribution in [2.24, 2.45) is 0 Å². The third-order valence-corrected chi connectivity index (χ3v) is 0.354. The minimum absolute atomic E-state index is 0. The minimum atomic E-state index is 0. The Morgan fingerprint density at radius 3 is 1.71 bits per heavy atom. The normalized spacial score (nSPS) is 4.57. The predicted octanol–water partition coefficient (Wildman–Crippen LogP) is 1.71.